The van der Waals surface area contributed by atoms with Gasteiger partial charge in [-0.1, -0.05) is 17.8 Å². The fourth-order valence-electron chi connectivity index (χ4n) is 4.64. The molecule has 2 aliphatic carbocycles. The predicted octanol–water partition coefficient (Wildman–Crippen LogP) is 2.93. The summed E-state index contributed by atoms with van der Waals surface area (Å²) in [7, 11) is 1.51. The summed E-state index contributed by atoms with van der Waals surface area (Å²) >= 11 is 1.41. The Balaban J connectivity index is 1.66. The van der Waals surface area contributed by atoms with E-state index in [0.29, 0.717) is 34.3 Å². The zero-order valence-electron chi connectivity index (χ0n) is 17.0. The second kappa shape index (κ2) is 7.47. The van der Waals surface area contributed by atoms with Crippen molar-refractivity contribution in [3.63, 3.8) is 0 Å². The van der Waals surface area contributed by atoms with Crippen LogP contribution in [-0.4, -0.2) is 35.0 Å². The van der Waals surface area contributed by atoms with Crippen LogP contribution in [0.1, 0.15) is 39.9 Å². The Morgan fingerprint density at radius 2 is 2.13 bits per heavy atom. The Kier molecular flexibility index (Phi) is 4.88. The molecule has 3 aliphatic rings. The molecule has 5 rings (SSSR count). The molecule has 1 saturated carbocycles. The average molecular weight is 445 g/mol. The van der Waals surface area contributed by atoms with Gasteiger partial charge in [0.1, 0.15) is 11.6 Å². The van der Waals surface area contributed by atoms with E-state index in [1.807, 2.05) is 0 Å². The average Bonchev–Trinajstić information content (AvgIpc) is 3.55. The van der Waals surface area contributed by atoms with Crippen molar-refractivity contribution >= 4 is 22.8 Å². The minimum absolute atomic E-state index is 0.128. The van der Waals surface area contributed by atoms with E-state index in [0.717, 1.165) is 30.0 Å². The fraction of sp³-hybridized carbons (Fsp3) is 0.409. The number of amidine groups is 1. The summed E-state index contributed by atoms with van der Waals surface area (Å²) in [6.07, 6.45) is 4.27. The molecule has 1 amide bonds. The Labute approximate surface area is 182 Å². The van der Waals surface area contributed by atoms with Gasteiger partial charge in [-0.25, -0.2) is 13.8 Å². The van der Waals surface area contributed by atoms with Crippen LogP contribution in [0, 0.1) is 17.6 Å². The quantitative estimate of drug-likeness (QED) is 0.757. The number of hydrogen-bond donors (Lipinski definition) is 2. The van der Waals surface area contributed by atoms with E-state index in [1.54, 1.807) is 6.20 Å². The molecular formula is C22H22F2N4O2S. The van der Waals surface area contributed by atoms with E-state index in [9.17, 15) is 13.6 Å². The van der Waals surface area contributed by atoms with E-state index in [4.69, 9.17) is 15.5 Å². The number of carbonyl (C=O) groups excluding carboxylic acids is 1. The number of methoxy groups -OCH3 is 1. The van der Waals surface area contributed by atoms with Gasteiger partial charge in [-0.05, 0) is 30.9 Å². The van der Waals surface area contributed by atoms with Crippen molar-refractivity contribution in [3.05, 3.63) is 58.3 Å². The maximum atomic E-state index is 15.0. The number of nitrogens with two attached hydrogens (primary N) is 1. The number of carbonyl (C=O) groups is 1. The Morgan fingerprint density at radius 1 is 1.32 bits per heavy atom. The van der Waals surface area contributed by atoms with Crippen molar-refractivity contribution in [2.75, 3.05) is 12.9 Å². The van der Waals surface area contributed by atoms with E-state index in [1.165, 1.54) is 31.0 Å². The van der Waals surface area contributed by atoms with Gasteiger partial charge in [0.25, 0.3) is 5.91 Å². The summed E-state index contributed by atoms with van der Waals surface area (Å²) in [5.41, 5.74) is 7.45. The highest BCUT2D eigenvalue weighted by molar-refractivity contribution is 8.13. The van der Waals surface area contributed by atoms with Gasteiger partial charge in [0.05, 0.1) is 18.2 Å². The summed E-state index contributed by atoms with van der Waals surface area (Å²) in [5.74, 6) is -0.597. The number of pyridine rings is 1. The minimum atomic E-state index is -1.01. The normalized spacial score (nSPS) is 24.6. The number of benzene rings is 1. The van der Waals surface area contributed by atoms with Crippen molar-refractivity contribution in [3.8, 4) is 5.88 Å². The van der Waals surface area contributed by atoms with Gasteiger partial charge in [0.2, 0.25) is 5.88 Å². The first kappa shape index (κ1) is 20.2. The van der Waals surface area contributed by atoms with Crippen LogP contribution in [0.4, 0.5) is 8.78 Å². The molecular weight excluding hydrogens is 422 g/mol. The molecule has 2 aromatic rings. The summed E-state index contributed by atoms with van der Waals surface area (Å²) < 4.78 is 34.1. The lowest BCUT2D eigenvalue weighted by Gasteiger charge is -2.45. The van der Waals surface area contributed by atoms with Crippen LogP contribution in [0.15, 0.2) is 29.4 Å². The van der Waals surface area contributed by atoms with Gasteiger partial charge in [-0.15, -0.1) is 0 Å². The third-order valence-electron chi connectivity index (χ3n) is 6.32. The van der Waals surface area contributed by atoms with Crippen LogP contribution in [0.3, 0.4) is 0 Å². The molecule has 6 nitrogen and oxygen atoms in total. The molecule has 0 unspecified atom stereocenters. The number of nitrogens with zero attached hydrogens (tertiary/aromatic N) is 2. The molecule has 162 valence electrons. The van der Waals surface area contributed by atoms with Gasteiger partial charge in [-0.2, -0.15) is 0 Å². The summed E-state index contributed by atoms with van der Waals surface area (Å²) in [4.78, 5) is 21.9. The first-order chi connectivity index (χ1) is 14.9. The topological polar surface area (TPSA) is 89.6 Å². The number of ether oxygens (including phenoxy) is 1. The first-order valence-electron chi connectivity index (χ1n) is 10.2. The number of halogens is 2. The minimum Gasteiger partial charge on any atom is -0.481 e. The third kappa shape index (κ3) is 3.44. The molecule has 0 bridgehead atoms. The van der Waals surface area contributed by atoms with E-state index in [2.05, 4.69) is 10.3 Å². The van der Waals surface area contributed by atoms with Gasteiger partial charge >= 0.3 is 0 Å². The molecule has 9 heteroatoms. The van der Waals surface area contributed by atoms with Crippen LogP contribution in [0.2, 0.25) is 0 Å². The molecule has 1 aliphatic heterocycles. The Hall–Kier alpha value is -2.68. The van der Waals surface area contributed by atoms with Gasteiger partial charge < -0.3 is 15.8 Å². The van der Waals surface area contributed by atoms with E-state index < -0.39 is 17.2 Å². The zero-order valence-corrected chi connectivity index (χ0v) is 17.8. The number of fused-ring (bicyclic) bond motifs is 2. The summed E-state index contributed by atoms with van der Waals surface area (Å²) in [5, 5.41) is 3.38. The predicted molar refractivity (Wildman–Crippen MR) is 114 cm³/mol. The zero-order chi connectivity index (χ0) is 21.8. The van der Waals surface area contributed by atoms with E-state index >= 15 is 0 Å². The second-order valence-electron chi connectivity index (χ2n) is 8.27. The highest BCUT2D eigenvalue weighted by atomic mass is 32.2. The molecule has 1 aromatic heterocycles. The molecule has 0 radical (unpaired) electrons. The smallest absolute Gasteiger partial charge is 0.253 e. The van der Waals surface area contributed by atoms with Crippen LogP contribution in [0.25, 0.3) is 0 Å². The van der Waals surface area contributed by atoms with Crippen LogP contribution < -0.4 is 15.8 Å². The molecule has 2 atom stereocenters. The van der Waals surface area contributed by atoms with Crippen molar-refractivity contribution in [2.24, 2.45) is 16.6 Å². The van der Waals surface area contributed by atoms with Crippen molar-refractivity contribution in [1.29, 1.82) is 0 Å². The van der Waals surface area contributed by atoms with Gasteiger partial charge in [0.15, 0.2) is 5.17 Å². The van der Waals surface area contributed by atoms with Crippen molar-refractivity contribution < 1.29 is 18.3 Å². The molecule has 31 heavy (non-hydrogen) atoms. The van der Waals surface area contributed by atoms with Crippen LogP contribution >= 0.6 is 11.8 Å². The fourth-order valence-corrected chi connectivity index (χ4v) is 5.63. The standard InChI is InChI=1S/C22H22F2N4O2S/c1-30-20-15-8-22(17-5-2-12(23)7-18(17)24)11(10-31-21(25)28-22)6-14(15)16(9-26-20)19(29)27-13-3-4-13/h2,5,7,9,11,13H,3-4,6,8,10H2,1H3,(H2,25,28)(H,27,29)/t11-,22-/m0/s1. The van der Waals surface area contributed by atoms with Gasteiger partial charge in [-0.3, -0.25) is 9.79 Å². The number of nitrogens with one attached hydrogen (secondary N) is 1. The van der Waals surface area contributed by atoms with Crippen molar-refractivity contribution in [2.45, 2.75) is 37.3 Å². The summed E-state index contributed by atoms with van der Waals surface area (Å²) in [6.45, 7) is 0. The Morgan fingerprint density at radius 3 is 2.84 bits per heavy atom. The lowest BCUT2D eigenvalue weighted by atomic mass is 9.67. The molecule has 1 fully saturated rings. The third-order valence-corrected chi connectivity index (χ3v) is 7.28. The highest BCUT2D eigenvalue weighted by Crippen LogP contribution is 2.50. The number of hydrogen-bond acceptors (Lipinski definition) is 6. The van der Waals surface area contributed by atoms with E-state index in [-0.39, 0.29) is 24.3 Å². The lowest BCUT2D eigenvalue weighted by Crippen LogP contribution is -2.47. The van der Waals surface area contributed by atoms with Crippen LogP contribution in [-0.2, 0) is 18.4 Å². The molecule has 1 aromatic carbocycles. The Bertz CT molecular complexity index is 1110. The monoisotopic (exact) mass is 444 g/mol. The SMILES string of the molecule is COc1ncc(C(=O)NC2CC2)c2c1C[C@]1(c3ccc(F)cc3F)N=C(N)SC[C@@H]1C2. The van der Waals surface area contributed by atoms with Gasteiger partial charge in [0, 0.05) is 47.5 Å². The van der Waals surface area contributed by atoms with Crippen LogP contribution in [0.5, 0.6) is 5.88 Å². The maximum absolute atomic E-state index is 15.0. The number of thioether (sulfide) groups is 1. The number of rotatable bonds is 4. The molecule has 0 spiro atoms. The first-order valence-corrected chi connectivity index (χ1v) is 11.2. The number of aromatic nitrogens is 1. The molecule has 0 saturated heterocycles. The number of amides is 1. The highest BCUT2D eigenvalue weighted by Gasteiger charge is 2.49. The van der Waals surface area contributed by atoms with Crippen molar-refractivity contribution in [1.82, 2.24) is 10.3 Å². The second-order valence-corrected chi connectivity index (χ2v) is 9.31. The summed E-state index contributed by atoms with van der Waals surface area (Å²) in [6, 6.07) is 3.77. The largest absolute Gasteiger partial charge is 0.481 e. The number of aliphatic imine (C=N–C) groups is 1. The molecule has 2 heterocycles. The molecule has 3 N–H and O–H groups in total. The maximum Gasteiger partial charge on any atom is 0.253 e. The lowest BCUT2D eigenvalue weighted by molar-refractivity contribution is 0.0948.